The fourth-order valence-corrected chi connectivity index (χ4v) is 3.97. The average Bonchev–Trinajstić information content (AvgIpc) is 3.27. The van der Waals surface area contributed by atoms with Gasteiger partial charge in [-0.05, 0) is 24.3 Å². The van der Waals surface area contributed by atoms with Gasteiger partial charge in [-0.3, -0.25) is 9.69 Å². The molecule has 30 heavy (non-hydrogen) atoms. The number of H-pyrrole nitrogens is 1. The number of anilines is 1. The molecule has 3 aromatic rings. The number of halogens is 1. The molecule has 3 heterocycles. The van der Waals surface area contributed by atoms with E-state index in [1.54, 1.807) is 29.6 Å². The first kappa shape index (κ1) is 20.7. The molecule has 160 valence electrons. The second-order valence-electron chi connectivity index (χ2n) is 7.40. The number of rotatable bonds is 7. The second kappa shape index (κ2) is 8.27. The molecule has 0 radical (unpaired) electrons. The summed E-state index contributed by atoms with van der Waals surface area (Å²) in [7, 11) is 3.52. The number of aliphatic hydroxyl groups is 2. The van der Waals surface area contributed by atoms with Crippen molar-refractivity contribution in [2.75, 3.05) is 31.6 Å². The number of hydrogen-bond acceptors (Lipinski definition) is 6. The number of benzene rings is 1. The molecule has 0 aliphatic carbocycles. The topological polar surface area (TPSA) is 110 Å². The van der Waals surface area contributed by atoms with Crippen LogP contribution in [0.3, 0.4) is 0 Å². The molecule has 0 saturated carbocycles. The maximum absolute atomic E-state index is 13.3. The summed E-state index contributed by atoms with van der Waals surface area (Å²) in [6.07, 6.45) is -0.529. The summed E-state index contributed by atoms with van der Waals surface area (Å²) in [6.45, 7) is 1.42. The average molecular weight is 433 g/mol. The second-order valence-corrected chi connectivity index (χ2v) is 7.84. The summed E-state index contributed by atoms with van der Waals surface area (Å²) >= 11 is 6.06. The van der Waals surface area contributed by atoms with Crippen LogP contribution >= 0.6 is 11.6 Å². The van der Waals surface area contributed by atoms with Crippen molar-refractivity contribution in [2.24, 2.45) is 7.05 Å². The number of aliphatic hydroxyl groups excluding tert-OH is 2. The van der Waals surface area contributed by atoms with Crippen molar-refractivity contribution in [2.45, 2.75) is 19.3 Å². The van der Waals surface area contributed by atoms with Crippen LogP contribution in [-0.4, -0.2) is 68.7 Å². The molecule has 9 nitrogen and oxygen atoms in total. The van der Waals surface area contributed by atoms with Crippen molar-refractivity contribution in [3.05, 3.63) is 46.5 Å². The van der Waals surface area contributed by atoms with Crippen LogP contribution in [-0.2, 0) is 20.0 Å². The molecular weight excluding hydrogens is 408 g/mol. The lowest BCUT2D eigenvalue weighted by Gasteiger charge is -2.38. The van der Waals surface area contributed by atoms with Gasteiger partial charge in [0, 0.05) is 55.2 Å². The van der Waals surface area contributed by atoms with E-state index in [9.17, 15) is 9.90 Å². The molecular formula is C20H25ClN6O3. The zero-order valence-electron chi connectivity index (χ0n) is 16.9. The van der Waals surface area contributed by atoms with Gasteiger partial charge >= 0.3 is 0 Å². The Bertz CT molecular complexity index is 1080. The third-order valence-corrected chi connectivity index (χ3v) is 5.62. The molecule has 4 N–H and O–H groups in total. The smallest absolute Gasteiger partial charge is 0.278 e. The summed E-state index contributed by atoms with van der Waals surface area (Å²) in [5, 5.41) is 24.4. The molecule has 0 bridgehead atoms. The number of amides is 1. The lowest BCUT2D eigenvalue weighted by Crippen LogP contribution is -2.53. The van der Waals surface area contributed by atoms with Crippen LogP contribution in [0, 0.1) is 0 Å². The molecule has 0 fully saturated rings. The molecule has 1 amide bonds. The Hall–Kier alpha value is -2.59. The van der Waals surface area contributed by atoms with Crippen molar-refractivity contribution < 1.29 is 15.0 Å². The molecule has 10 heteroatoms. The zero-order valence-corrected chi connectivity index (χ0v) is 17.6. The maximum atomic E-state index is 13.3. The number of fused-ring (bicyclic) bond motifs is 2. The van der Waals surface area contributed by atoms with E-state index in [-0.39, 0.29) is 19.1 Å². The van der Waals surface area contributed by atoms with Crippen LogP contribution in [0.15, 0.2) is 24.3 Å². The fraction of sp³-hybridized carbons (Fsp3) is 0.400. The van der Waals surface area contributed by atoms with Crippen LogP contribution in [0.1, 0.15) is 22.0 Å². The van der Waals surface area contributed by atoms with E-state index in [4.69, 9.17) is 16.7 Å². The molecule has 4 rings (SSSR count). The summed E-state index contributed by atoms with van der Waals surface area (Å²) < 4.78 is 1.78. The van der Waals surface area contributed by atoms with Gasteiger partial charge in [-0.15, -0.1) is 0 Å². The number of aromatic nitrogens is 3. The Labute approximate surface area is 178 Å². The highest BCUT2D eigenvalue weighted by Crippen LogP contribution is 2.30. The minimum atomic E-state index is -1.13. The van der Waals surface area contributed by atoms with E-state index in [1.165, 1.54) is 4.90 Å². The van der Waals surface area contributed by atoms with Crippen LogP contribution in [0.2, 0.25) is 5.02 Å². The highest BCUT2D eigenvalue weighted by molar-refractivity contribution is 6.31. The first-order chi connectivity index (χ1) is 14.4. The van der Waals surface area contributed by atoms with Crippen molar-refractivity contribution in [1.29, 1.82) is 0 Å². The maximum Gasteiger partial charge on any atom is 0.278 e. The molecule has 1 unspecified atom stereocenters. The SMILES string of the molecule is CN1c2nc(CCNCCO)n(C)c2C(=O)N(Cc2cc3cc(Cl)ccc3[nH]2)C1O. The van der Waals surface area contributed by atoms with Crippen molar-refractivity contribution in [3.8, 4) is 0 Å². The first-order valence-corrected chi connectivity index (χ1v) is 10.1. The monoisotopic (exact) mass is 432 g/mol. The number of carbonyl (C=O) groups is 1. The largest absolute Gasteiger partial charge is 0.395 e. The predicted octanol–water partition coefficient (Wildman–Crippen LogP) is 1.05. The fourth-order valence-electron chi connectivity index (χ4n) is 3.79. The molecule has 1 aliphatic rings. The van der Waals surface area contributed by atoms with E-state index in [0.717, 1.165) is 22.4 Å². The number of carbonyl (C=O) groups excluding carboxylic acids is 1. The Morgan fingerprint density at radius 2 is 2.07 bits per heavy atom. The van der Waals surface area contributed by atoms with Crippen molar-refractivity contribution >= 4 is 34.2 Å². The van der Waals surface area contributed by atoms with Crippen molar-refractivity contribution in [3.63, 3.8) is 0 Å². The Morgan fingerprint density at radius 3 is 2.83 bits per heavy atom. The molecule has 0 saturated heterocycles. The Kier molecular flexibility index (Phi) is 5.70. The van der Waals surface area contributed by atoms with Crippen LogP contribution in [0.5, 0.6) is 0 Å². The Morgan fingerprint density at radius 1 is 1.27 bits per heavy atom. The van der Waals surface area contributed by atoms with Crippen LogP contribution in [0.4, 0.5) is 5.82 Å². The van der Waals surface area contributed by atoms with Crippen LogP contribution < -0.4 is 10.2 Å². The van der Waals surface area contributed by atoms with Gasteiger partial charge in [-0.2, -0.15) is 0 Å². The summed E-state index contributed by atoms with van der Waals surface area (Å²) in [4.78, 5) is 24.1. The van der Waals surface area contributed by atoms with E-state index in [1.807, 2.05) is 18.2 Å². The van der Waals surface area contributed by atoms with Crippen molar-refractivity contribution in [1.82, 2.24) is 24.8 Å². The molecule has 1 atom stereocenters. The van der Waals surface area contributed by atoms with Gasteiger partial charge in [-0.1, -0.05) is 11.6 Å². The van der Waals surface area contributed by atoms with E-state index in [0.29, 0.717) is 36.0 Å². The van der Waals surface area contributed by atoms with Gasteiger partial charge in [-0.25, -0.2) is 4.98 Å². The number of aromatic amines is 1. The predicted molar refractivity (Wildman–Crippen MR) is 114 cm³/mol. The molecule has 2 aromatic heterocycles. The summed E-state index contributed by atoms with van der Waals surface area (Å²) in [6, 6.07) is 7.47. The summed E-state index contributed by atoms with van der Waals surface area (Å²) in [5.74, 6) is 0.920. The van der Waals surface area contributed by atoms with E-state index in [2.05, 4.69) is 15.3 Å². The summed E-state index contributed by atoms with van der Waals surface area (Å²) in [5.41, 5.74) is 2.16. The van der Waals surface area contributed by atoms with Gasteiger partial charge in [0.05, 0.1) is 13.2 Å². The quantitative estimate of drug-likeness (QED) is 0.415. The van der Waals surface area contributed by atoms with Gasteiger partial charge in [0.15, 0.2) is 11.5 Å². The number of imidazole rings is 1. The highest BCUT2D eigenvalue weighted by atomic mass is 35.5. The molecule has 0 spiro atoms. The molecule has 1 aliphatic heterocycles. The Balaban J connectivity index is 1.59. The van der Waals surface area contributed by atoms with Gasteiger partial charge < -0.3 is 30.0 Å². The van der Waals surface area contributed by atoms with E-state index < -0.39 is 6.35 Å². The normalized spacial score (nSPS) is 16.6. The third kappa shape index (κ3) is 3.65. The first-order valence-electron chi connectivity index (χ1n) is 9.77. The third-order valence-electron chi connectivity index (χ3n) is 5.39. The van der Waals surface area contributed by atoms with Gasteiger partial charge in [0.1, 0.15) is 5.82 Å². The lowest BCUT2D eigenvalue weighted by molar-refractivity contribution is -0.00117. The zero-order chi connectivity index (χ0) is 21.4. The van der Waals surface area contributed by atoms with E-state index >= 15 is 0 Å². The van der Waals surface area contributed by atoms with Gasteiger partial charge in [0.2, 0.25) is 6.35 Å². The minimum Gasteiger partial charge on any atom is -0.395 e. The number of hydrogen-bond donors (Lipinski definition) is 4. The van der Waals surface area contributed by atoms with Crippen LogP contribution in [0.25, 0.3) is 10.9 Å². The number of nitrogens with zero attached hydrogens (tertiary/aromatic N) is 4. The van der Waals surface area contributed by atoms with Gasteiger partial charge in [0.25, 0.3) is 5.91 Å². The molecule has 1 aromatic carbocycles. The number of nitrogens with one attached hydrogen (secondary N) is 2. The highest BCUT2D eigenvalue weighted by Gasteiger charge is 2.39. The standard InChI is InChI=1S/C20H25ClN6O3/c1-25-16(5-6-22-7-8-28)24-18-17(25)19(29)27(20(30)26(18)2)11-14-10-12-9-13(21)3-4-15(12)23-14/h3-4,9-10,20,22-23,28,30H,5-8,11H2,1-2H3. The lowest BCUT2D eigenvalue weighted by atomic mass is 10.2. The minimum absolute atomic E-state index is 0.0689.